The smallest absolute Gasteiger partial charge is 0.166 e. The van der Waals surface area contributed by atoms with E-state index in [1.165, 1.54) is 5.56 Å². The fourth-order valence-electron chi connectivity index (χ4n) is 2.12. The highest BCUT2D eigenvalue weighted by molar-refractivity contribution is 7.98. The molecule has 0 bridgehead atoms. The molecular weight excluding hydrogens is 282 g/mol. The van der Waals surface area contributed by atoms with Crippen LogP contribution < -0.4 is 5.32 Å². The zero-order valence-corrected chi connectivity index (χ0v) is 13.1. The second-order valence-electron chi connectivity index (χ2n) is 4.91. The van der Waals surface area contributed by atoms with Crippen molar-refractivity contribution in [1.29, 1.82) is 0 Å². The van der Waals surface area contributed by atoms with Gasteiger partial charge in [0.2, 0.25) is 0 Å². The molecule has 0 saturated heterocycles. The Balaban J connectivity index is 1.78. The first-order valence-electron chi connectivity index (χ1n) is 6.75. The van der Waals surface area contributed by atoms with E-state index >= 15 is 0 Å². The zero-order valence-electron chi connectivity index (χ0n) is 12.3. The first-order chi connectivity index (χ1) is 10.1. The lowest BCUT2D eigenvalue weighted by Crippen LogP contribution is -2.00. The number of H-pyrrole nitrogens is 1. The predicted molar refractivity (Wildman–Crippen MR) is 86.7 cm³/mol. The quantitative estimate of drug-likeness (QED) is 0.724. The number of benzene rings is 1. The molecule has 0 fully saturated rings. The second-order valence-corrected chi connectivity index (χ2v) is 5.88. The Kier molecular flexibility index (Phi) is 3.79. The average Bonchev–Trinajstić information content (AvgIpc) is 2.86. The number of aromatic amines is 1. The van der Waals surface area contributed by atoms with E-state index in [9.17, 15) is 0 Å². The second kappa shape index (κ2) is 5.73. The number of imidazole rings is 1. The van der Waals surface area contributed by atoms with E-state index in [0.29, 0.717) is 5.75 Å². The third-order valence-corrected chi connectivity index (χ3v) is 3.98. The Morgan fingerprint density at radius 2 is 2.00 bits per heavy atom. The normalized spacial score (nSPS) is 11.0. The number of nitrogens with one attached hydrogen (secondary N) is 2. The van der Waals surface area contributed by atoms with Crippen molar-refractivity contribution in [3.8, 4) is 0 Å². The molecule has 2 N–H and O–H groups in total. The number of hydrogen-bond acceptors (Lipinski definition) is 5. The molecule has 2 heterocycles. The number of hydrogen-bond donors (Lipinski definition) is 2. The van der Waals surface area contributed by atoms with E-state index in [-0.39, 0.29) is 0 Å². The van der Waals surface area contributed by atoms with Gasteiger partial charge in [0.25, 0.3) is 0 Å². The maximum absolute atomic E-state index is 4.57. The van der Waals surface area contributed by atoms with Crippen molar-refractivity contribution in [2.75, 3.05) is 12.4 Å². The molecule has 1 aromatic carbocycles. The van der Waals surface area contributed by atoms with Gasteiger partial charge in [0, 0.05) is 18.8 Å². The fraction of sp³-hybridized carbons (Fsp3) is 0.267. The van der Waals surface area contributed by atoms with Gasteiger partial charge in [-0.1, -0.05) is 17.8 Å². The summed E-state index contributed by atoms with van der Waals surface area (Å²) in [6.45, 7) is 4.05. The minimum atomic E-state index is 0.690. The standard InChI is InChI=1S/C15H17N5S/c1-9-4-5-11-12(6-9)19-15(18-11)21-8-14-17-10(2)7-13(16-3)20-14/h4-7H,8H2,1-3H3,(H,18,19)(H,16,17,20). The summed E-state index contributed by atoms with van der Waals surface area (Å²) in [6, 6.07) is 8.14. The molecule has 5 nitrogen and oxygen atoms in total. The lowest BCUT2D eigenvalue weighted by Gasteiger charge is -2.04. The van der Waals surface area contributed by atoms with Gasteiger partial charge < -0.3 is 10.3 Å². The van der Waals surface area contributed by atoms with Crippen LogP contribution in [0.5, 0.6) is 0 Å². The summed E-state index contributed by atoms with van der Waals surface area (Å²) < 4.78 is 0. The highest BCUT2D eigenvalue weighted by Crippen LogP contribution is 2.23. The maximum atomic E-state index is 4.57. The number of fused-ring (bicyclic) bond motifs is 1. The molecule has 108 valence electrons. The van der Waals surface area contributed by atoms with Crippen molar-refractivity contribution < 1.29 is 0 Å². The first kappa shape index (κ1) is 13.9. The van der Waals surface area contributed by atoms with Gasteiger partial charge in [-0.3, -0.25) is 0 Å². The van der Waals surface area contributed by atoms with Crippen LogP contribution in [0.1, 0.15) is 17.1 Å². The average molecular weight is 299 g/mol. The first-order valence-corrected chi connectivity index (χ1v) is 7.74. The number of aromatic nitrogens is 4. The lowest BCUT2D eigenvalue weighted by atomic mass is 10.2. The van der Waals surface area contributed by atoms with Crippen molar-refractivity contribution in [3.63, 3.8) is 0 Å². The van der Waals surface area contributed by atoms with Gasteiger partial charge in [-0.15, -0.1) is 0 Å². The van der Waals surface area contributed by atoms with Gasteiger partial charge in [0.1, 0.15) is 11.6 Å². The van der Waals surface area contributed by atoms with Crippen LogP contribution in [0.2, 0.25) is 0 Å². The summed E-state index contributed by atoms with van der Waals surface area (Å²) in [5.41, 5.74) is 4.25. The Hall–Kier alpha value is -2.08. The maximum Gasteiger partial charge on any atom is 0.166 e. The number of nitrogens with zero attached hydrogens (tertiary/aromatic N) is 3. The van der Waals surface area contributed by atoms with Crippen molar-refractivity contribution in [2.24, 2.45) is 0 Å². The van der Waals surface area contributed by atoms with Crippen molar-refractivity contribution in [2.45, 2.75) is 24.8 Å². The Morgan fingerprint density at radius 3 is 2.81 bits per heavy atom. The Bertz CT molecular complexity index is 781. The number of aryl methyl sites for hydroxylation is 2. The van der Waals surface area contributed by atoms with Crippen LogP contribution in [-0.2, 0) is 5.75 Å². The molecule has 0 radical (unpaired) electrons. The molecule has 21 heavy (non-hydrogen) atoms. The van der Waals surface area contributed by atoms with E-state index in [2.05, 4.69) is 44.3 Å². The van der Waals surface area contributed by atoms with Crippen molar-refractivity contribution in [3.05, 3.63) is 41.3 Å². The third-order valence-electron chi connectivity index (χ3n) is 3.11. The van der Waals surface area contributed by atoms with Gasteiger partial charge >= 0.3 is 0 Å². The highest BCUT2D eigenvalue weighted by atomic mass is 32.2. The Morgan fingerprint density at radius 1 is 1.14 bits per heavy atom. The van der Waals surface area contributed by atoms with Crippen LogP contribution in [0.15, 0.2) is 29.4 Å². The molecule has 0 amide bonds. The lowest BCUT2D eigenvalue weighted by molar-refractivity contribution is 0.989. The van der Waals surface area contributed by atoms with Crippen LogP contribution in [0.4, 0.5) is 5.82 Å². The number of rotatable bonds is 4. The molecule has 0 aliphatic heterocycles. The molecule has 0 unspecified atom stereocenters. The largest absolute Gasteiger partial charge is 0.373 e. The van der Waals surface area contributed by atoms with Crippen LogP contribution >= 0.6 is 11.8 Å². The van der Waals surface area contributed by atoms with Crippen LogP contribution in [0, 0.1) is 13.8 Å². The van der Waals surface area contributed by atoms with Gasteiger partial charge in [0.05, 0.1) is 16.8 Å². The van der Waals surface area contributed by atoms with Crippen LogP contribution in [0.25, 0.3) is 11.0 Å². The number of thioether (sulfide) groups is 1. The molecule has 6 heteroatoms. The third kappa shape index (κ3) is 3.16. The predicted octanol–water partition coefficient (Wildman–Crippen LogP) is 3.30. The van der Waals surface area contributed by atoms with E-state index < -0.39 is 0 Å². The topological polar surface area (TPSA) is 66.5 Å². The van der Waals surface area contributed by atoms with Crippen molar-refractivity contribution in [1.82, 2.24) is 19.9 Å². The van der Waals surface area contributed by atoms with Crippen molar-refractivity contribution >= 4 is 28.6 Å². The molecule has 0 spiro atoms. The molecular formula is C15H17N5S. The monoisotopic (exact) mass is 299 g/mol. The molecule has 2 aromatic heterocycles. The molecule has 0 aliphatic carbocycles. The van der Waals surface area contributed by atoms with Crippen LogP contribution in [-0.4, -0.2) is 27.0 Å². The SMILES string of the molecule is CNc1cc(C)nc(CSc2nc3ccc(C)cc3[nH]2)n1. The molecule has 3 rings (SSSR count). The van der Waals surface area contributed by atoms with Crippen LogP contribution in [0.3, 0.4) is 0 Å². The Labute approximate surface area is 127 Å². The van der Waals surface area contributed by atoms with E-state index in [1.807, 2.05) is 26.1 Å². The molecule has 3 aromatic rings. The van der Waals surface area contributed by atoms with E-state index in [4.69, 9.17) is 0 Å². The fourth-order valence-corrected chi connectivity index (χ4v) is 2.86. The summed E-state index contributed by atoms with van der Waals surface area (Å²) in [5, 5.41) is 3.95. The zero-order chi connectivity index (χ0) is 14.8. The minimum absolute atomic E-state index is 0.690. The van der Waals surface area contributed by atoms with Gasteiger partial charge in [-0.05, 0) is 31.5 Å². The molecule has 0 atom stereocenters. The van der Waals surface area contributed by atoms with E-state index in [1.54, 1.807) is 11.8 Å². The summed E-state index contributed by atoms with van der Waals surface area (Å²) in [6.07, 6.45) is 0. The van der Waals surface area contributed by atoms with E-state index in [0.717, 1.165) is 33.5 Å². The van der Waals surface area contributed by atoms with Gasteiger partial charge in [0.15, 0.2) is 5.16 Å². The molecule has 0 saturated carbocycles. The summed E-state index contributed by atoms with van der Waals surface area (Å²) in [5.74, 6) is 2.34. The summed E-state index contributed by atoms with van der Waals surface area (Å²) >= 11 is 1.61. The summed E-state index contributed by atoms with van der Waals surface area (Å²) in [4.78, 5) is 16.8. The van der Waals surface area contributed by atoms with Gasteiger partial charge in [-0.25, -0.2) is 15.0 Å². The highest BCUT2D eigenvalue weighted by Gasteiger charge is 2.06. The molecule has 0 aliphatic rings. The number of anilines is 1. The summed E-state index contributed by atoms with van der Waals surface area (Å²) in [7, 11) is 1.86. The van der Waals surface area contributed by atoms with Gasteiger partial charge in [-0.2, -0.15) is 0 Å². The minimum Gasteiger partial charge on any atom is -0.373 e.